The first kappa shape index (κ1) is 25.3. The third-order valence-electron chi connectivity index (χ3n) is 6.27. The number of halogens is 2. The quantitative estimate of drug-likeness (QED) is 0.292. The molecule has 3 rings (SSSR count). The Kier molecular flexibility index (Phi) is 10.3. The number of nitrogens with one attached hydrogen (secondary N) is 2. The number of hydrogen-bond donors (Lipinski definition) is 2. The molecule has 170 valence electrons. The molecule has 1 aromatic rings. The lowest BCUT2D eigenvalue weighted by Crippen LogP contribution is -2.48. The largest absolute Gasteiger partial charge is 0.357 e. The summed E-state index contributed by atoms with van der Waals surface area (Å²) in [5.41, 5.74) is 1.10. The maximum atomic E-state index is 13.6. The van der Waals surface area contributed by atoms with E-state index in [1.54, 1.807) is 12.1 Å². The molecule has 0 aromatic heterocycles. The van der Waals surface area contributed by atoms with E-state index in [0.717, 1.165) is 50.5 Å². The van der Waals surface area contributed by atoms with Crippen molar-refractivity contribution < 1.29 is 4.39 Å². The van der Waals surface area contributed by atoms with Crippen molar-refractivity contribution in [2.24, 2.45) is 10.9 Å². The molecule has 2 aliphatic rings. The molecule has 1 aliphatic carbocycles. The molecule has 1 unspecified atom stereocenters. The Hall–Kier alpha value is -0.930. The van der Waals surface area contributed by atoms with Gasteiger partial charge in [0.15, 0.2) is 5.96 Å². The summed E-state index contributed by atoms with van der Waals surface area (Å²) in [4.78, 5) is 9.94. The Balaban J connectivity index is 0.00000320. The van der Waals surface area contributed by atoms with Gasteiger partial charge in [-0.05, 0) is 49.9 Å². The average molecular weight is 532 g/mol. The molecule has 1 aliphatic heterocycles. The molecule has 1 saturated carbocycles. The van der Waals surface area contributed by atoms with Gasteiger partial charge in [0.2, 0.25) is 0 Å². The molecule has 1 saturated heterocycles. The van der Waals surface area contributed by atoms with Crippen LogP contribution in [-0.4, -0.2) is 74.7 Å². The number of aliphatic imine (C=N–C) groups is 1. The Morgan fingerprint density at radius 3 is 2.43 bits per heavy atom. The molecule has 2 N–H and O–H groups in total. The number of rotatable bonds is 9. The van der Waals surface area contributed by atoms with E-state index < -0.39 is 0 Å². The van der Waals surface area contributed by atoms with Gasteiger partial charge < -0.3 is 20.4 Å². The molecule has 0 radical (unpaired) electrons. The van der Waals surface area contributed by atoms with E-state index in [0.29, 0.717) is 12.5 Å². The normalized spacial score (nSPS) is 20.3. The van der Waals surface area contributed by atoms with Crippen LogP contribution in [0, 0.1) is 11.7 Å². The SMILES string of the molecule is CCNC(=NCC1(c2cccc(F)c2)CC1)NCC(C)CN1CCN(CC)CC1.I. The van der Waals surface area contributed by atoms with Crippen molar-refractivity contribution in [1.29, 1.82) is 0 Å². The van der Waals surface area contributed by atoms with Crippen LogP contribution in [0.2, 0.25) is 0 Å². The molecular weight excluding hydrogens is 492 g/mol. The monoisotopic (exact) mass is 531 g/mol. The zero-order chi connectivity index (χ0) is 20.7. The van der Waals surface area contributed by atoms with Crippen LogP contribution >= 0.6 is 24.0 Å². The molecule has 5 nitrogen and oxygen atoms in total. The van der Waals surface area contributed by atoms with E-state index in [-0.39, 0.29) is 35.2 Å². The van der Waals surface area contributed by atoms with E-state index in [1.807, 2.05) is 6.07 Å². The molecule has 0 amide bonds. The Morgan fingerprint density at radius 2 is 1.83 bits per heavy atom. The number of benzene rings is 1. The van der Waals surface area contributed by atoms with E-state index >= 15 is 0 Å². The summed E-state index contributed by atoms with van der Waals surface area (Å²) in [6, 6.07) is 7.02. The fourth-order valence-electron chi connectivity index (χ4n) is 4.14. The van der Waals surface area contributed by atoms with Gasteiger partial charge in [0, 0.05) is 51.2 Å². The number of piperazine rings is 1. The molecule has 0 spiro atoms. The number of guanidine groups is 1. The van der Waals surface area contributed by atoms with Crippen molar-refractivity contribution in [2.45, 2.75) is 39.0 Å². The van der Waals surface area contributed by atoms with Crippen molar-refractivity contribution in [3.05, 3.63) is 35.6 Å². The summed E-state index contributed by atoms with van der Waals surface area (Å²) in [5.74, 6) is 1.28. The minimum absolute atomic E-state index is 0. The molecule has 0 bridgehead atoms. The molecule has 1 atom stereocenters. The second-order valence-electron chi connectivity index (χ2n) is 8.71. The Morgan fingerprint density at radius 1 is 1.13 bits per heavy atom. The van der Waals surface area contributed by atoms with E-state index in [1.165, 1.54) is 32.2 Å². The fourth-order valence-corrected chi connectivity index (χ4v) is 4.14. The highest BCUT2D eigenvalue weighted by Crippen LogP contribution is 2.48. The van der Waals surface area contributed by atoms with Crippen molar-refractivity contribution in [1.82, 2.24) is 20.4 Å². The van der Waals surface area contributed by atoms with E-state index in [9.17, 15) is 4.39 Å². The number of nitrogens with zero attached hydrogens (tertiary/aromatic N) is 3. The van der Waals surface area contributed by atoms with Gasteiger partial charge in [-0.2, -0.15) is 0 Å². The topological polar surface area (TPSA) is 42.9 Å². The first-order chi connectivity index (χ1) is 14.0. The lowest BCUT2D eigenvalue weighted by molar-refractivity contribution is 0.124. The van der Waals surface area contributed by atoms with E-state index in [4.69, 9.17) is 4.99 Å². The van der Waals surface area contributed by atoms with Crippen LogP contribution in [0.5, 0.6) is 0 Å². The van der Waals surface area contributed by atoms with Crippen molar-refractivity contribution in [2.75, 3.05) is 58.9 Å². The molecule has 1 aromatic carbocycles. The maximum Gasteiger partial charge on any atom is 0.191 e. The second kappa shape index (κ2) is 12.2. The van der Waals surface area contributed by atoms with Gasteiger partial charge in [-0.25, -0.2) is 4.39 Å². The average Bonchev–Trinajstić information content (AvgIpc) is 3.52. The lowest BCUT2D eigenvalue weighted by atomic mass is 9.96. The van der Waals surface area contributed by atoms with Gasteiger partial charge in [0.05, 0.1) is 6.54 Å². The first-order valence-corrected chi connectivity index (χ1v) is 11.3. The minimum Gasteiger partial charge on any atom is -0.357 e. The van der Waals surface area contributed by atoms with Crippen LogP contribution in [0.25, 0.3) is 0 Å². The van der Waals surface area contributed by atoms with Gasteiger partial charge in [0.25, 0.3) is 0 Å². The number of likely N-dealkylation sites (N-methyl/N-ethyl adjacent to an activating group) is 1. The Bertz CT molecular complexity index is 671. The lowest BCUT2D eigenvalue weighted by Gasteiger charge is -2.35. The van der Waals surface area contributed by atoms with Gasteiger partial charge in [-0.15, -0.1) is 24.0 Å². The molecule has 2 fully saturated rings. The summed E-state index contributed by atoms with van der Waals surface area (Å²) < 4.78 is 13.6. The zero-order valence-electron chi connectivity index (χ0n) is 18.8. The second-order valence-corrected chi connectivity index (χ2v) is 8.71. The standard InChI is InChI=1S/C23H38FN5.HI/c1-4-25-22(26-16-19(3)17-29-13-11-28(5-2)12-14-29)27-18-23(9-10-23)20-7-6-8-21(24)15-20;/h6-8,15,19H,4-5,9-14,16-18H2,1-3H3,(H2,25,26,27);1H. The summed E-state index contributed by atoms with van der Waals surface area (Å²) >= 11 is 0. The highest BCUT2D eigenvalue weighted by atomic mass is 127. The third kappa shape index (κ3) is 7.34. The van der Waals surface area contributed by atoms with Crippen LogP contribution < -0.4 is 10.6 Å². The molecule has 1 heterocycles. The Labute approximate surface area is 198 Å². The van der Waals surface area contributed by atoms with Crippen LogP contribution in [0.1, 0.15) is 39.2 Å². The first-order valence-electron chi connectivity index (χ1n) is 11.3. The maximum absolute atomic E-state index is 13.6. The van der Waals surface area contributed by atoms with E-state index in [2.05, 4.69) is 41.2 Å². The summed E-state index contributed by atoms with van der Waals surface area (Å²) in [6.45, 7) is 16.1. The van der Waals surface area contributed by atoms with Gasteiger partial charge in [0.1, 0.15) is 5.82 Å². The predicted octanol–water partition coefficient (Wildman–Crippen LogP) is 3.30. The summed E-state index contributed by atoms with van der Waals surface area (Å²) in [6.07, 6.45) is 2.17. The molecule has 7 heteroatoms. The molecular formula is C23H39FIN5. The van der Waals surface area contributed by atoms with Crippen molar-refractivity contribution >= 4 is 29.9 Å². The van der Waals surface area contributed by atoms with Crippen LogP contribution in [0.4, 0.5) is 4.39 Å². The fraction of sp³-hybridized carbons (Fsp3) is 0.696. The smallest absolute Gasteiger partial charge is 0.191 e. The van der Waals surface area contributed by atoms with Gasteiger partial charge >= 0.3 is 0 Å². The minimum atomic E-state index is -0.156. The summed E-state index contributed by atoms with van der Waals surface area (Å²) in [5, 5.41) is 6.88. The highest BCUT2D eigenvalue weighted by molar-refractivity contribution is 14.0. The van der Waals surface area contributed by atoms with Crippen LogP contribution in [-0.2, 0) is 5.41 Å². The van der Waals surface area contributed by atoms with Gasteiger partial charge in [-0.1, -0.05) is 26.0 Å². The van der Waals surface area contributed by atoms with Crippen molar-refractivity contribution in [3.63, 3.8) is 0 Å². The number of hydrogen-bond acceptors (Lipinski definition) is 3. The van der Waals surface area contributed by atoms with Crippen molar-refractivity contribution in [3.8, 4) is 0 Å². The van der Waals surface area contributed by atoms with Crippen LogP contribution in [0.3, 0.4) is 0 Å². The predicted molar refractivity (Wildman–Crippen MR) is 134 cm³/mol. The zero-order valence-corrected chi connectivity index (χ0v) is 21.1. The highest BCUT2D eigenvalue weighted by Gasteiger charge is 2.44. The van der Waals surface area contributed by atoms with Gasteiger partial charge in [-0.3, -0.25) is 4.99 Å². The third-order valence-corrected chi connectivity index (χ3v) is 6.27. The van der Waals surface area contributed by atoms with Crippen LogP contribution in [0.15, 0.2) is 29.3 Å². The summed E-state index contributed by atoms with van der Waals surface area (Å²) in [7, 11) is 0. The molecule has 30 heavy (non-hydrogen) atoms.